The smallest absolute Gasteiger partial charge is 0.191 e. The molecule has 0 bridgehead atoms. The van der Waals surface area contributed by atoms with Crippen molar-refractivity contribution in [3.8, 4) is 5.75 Å². The van der Waals surface area contributed by atoms with Crippen LogP contribution in [-0.2, 0) is 17.9 Å². The lowest BCUT2D eigenvalue weighted by Crippen LogP contribution is -2.38. The maximum atomic E-state index is 5.83. The summed E-state index contributed by atoms with van der Waals surface area (Å²) in [6, 6.07) is 13.8. The predicted molar refractivity (Wildman–Crippen MR) is 124 cm³/mol. The molecule has 0 amide bonds. The third-order valence-corrected chi connectivity index (χ3v) is 3.74. The molecule has 0 spiro atoms. The van der Waals surface area contributed by atoms with E-state index >= 15 is 0 Å². The molecule has 0 saturated heterocycles. The second-order valence-electron chi connectivity index (χ2n) is 5.93. The van der Waals surface area contributed by atoms with Gasteiger partial charge < -0.3 is 20.1 Å². The zero-order chi connectivity index (χ0) is 19.2. The fourth-order valence-corrected chi connectivity index (χ4v) is 2.41. The van der Waals surface area contributed by atoms with E-state index in [0.717, 1.165) is 55.7 Å². The first-order chi connectivity index (χ1) is 13.3. The van der Waals surface area contributed by atoms with Gasteiger partial charge in [0.05, 0.1) is 12.2 Å². The second-order valence-corrected chi connectivity index (χ2v) is 5.93. The van der Waals surface area contributed by atoms with Gasteiger partial charge in [-0.2, -0.15) is 0 Å². The number of rotatable bonds is 11. The van der Waals surface area contributed by atoms with Crippen molar-refractivity contribution in [2.24, 2.45) is 4.99 Å². The van der Waals surface area contributed by atoms with Gasteiger partial charge >= 0.3 is 0 Å². The number of guanidine groups is 1. The van der Waals surface area contributed by atoms with Crippen molar-refractivity contribution in [2.45, 2.75) is 33.4 Å². The molecule has 154 valence electrons. The van der Waals surface area contributed by atoms with E-state index in [1.165, 1.54) is 0 Å². The molecule has 2 N–H and O–H groups in total. The van der Waals surface area contributed by atoms with Gasteiger partial charge in [-0.05, 0) is 50.1 Å². The fourth-order valence-electron chi connectivity index (χ4n) is 2.41. The minimum Gasteiger partial charge on any atom is -0.487 e. The van der Waals surface area contributed by atoms with Gasteiger partial charge in [0.15, 0.2) is 5.96 Å². The van der Waals surface area contributed by atoms with Crippen molar-refractivity contribution in [3.05, 3.63) is 59.9 Å². The Hall–Kier alpha value is -1.87. The number of nitrogens with zero attached hydrogens (tertiary/aromatic N) is 2. The zero-order valence-corrected chi connectivity index (χ0v) is 19.0. The summed E-state index contributed by atoms with van der Waals surface area (Å²) < 4.78 is 11.2. The van der Waals surface area contributed by atoms with Crippen LogP contribution in [0.2, 0.25) is 0 Å². The predicted octanol–water partition coefficient (Wildman–Crippen LogP) is 3.76. The largest absolute Gasteiger partial charge is 0.487 e. The van der Waals surface area contributed by atoms with Crippen LogP contribution in [0.5, 0.6) is 5.75 Å². The molecule has 0 atom stereocenters. The van der Waals surface area contributed by atoms with E-state index in [1.54, 1.807) is 6.20 Å². The maximum Gasteiger partial charge on any atom is 0.191 e. The summed E-state index contributed by atoms with van der Waals surface area (Å²) in [6.45, 7) is 8.28. The van der Waals surface area contributed by atoms with Crippen molar-refractivity contribution < 1.29 is 9.47 Å². The first-order valence-corrected chi connectivity index (χ1v) is 9.53. The molecule has 2 rings (SSSR count). The first kappa shape index (κ1) is 24.2. The van der Waals surface area contributed by atoms with E-state index < -0.39 is 0 Å². The van der Waals surface area contributed by atoms with Crippen molar-refractivity contribution in [1.82, 2.24) is 15.6 Å². The molecule has 1 aromatic heterocycles. The standard InChI is InChI=1S/C21H30N4O2.HI/c1-3-22-21(24-13-8-14-26-4-2)25-16-18-9-7-11-20(15-18)27-17-19-10-5-6-12-23-19;/h5-7,9-12,15H,3-4,8,13-14,16-17H2,1-2H3,(H2,22,24,25);1H. The number of aliphatic imine (C=N–C) groups is 1. The average molecular weight is 498 g/mol. The first-order valence-electron chi connectivity index (χ1n) is 9.53. The van der Waals surface area contributed by atoms with Crippen LogP contribution in [0.15, 0.2) is 53.7 Å². The molecule has 6 nitrogen and oxygen atoms in total. The third-order valence-electron chi connectivity index (χ3n) is 3.74. The lowest BCUT2D eigenvalue weighted by molar-refractivity contribution is 0.145. The average Bonchev–Trinajstić information content (AvgIpc) is 2.71. The molecule has 0 aliphatic rings. The molecule has 28 heavy (non-hydrogen) atoms. The van der Waals surface area contributed by atoms with Crippen LogP contribution in [0.25, 0.3) is 0 Å². The third kappa shape index (κ3) is 9.89. The van der Waals surface area contributed by atoms with E-state index in [-0.39, 0.29) is 24.0 Å². The van der Waals surface area contributed by atoms with Gasteiger partial charge in [-0.25, -0.2) is 4.99 Å². The number of halogens is 1. The molecule has 1 aromatic carbocycles. The molecule has 0 radical (unpaired) electrons. The van der Waals surface area contributed by atoms with Gasteiger partial charge in [0.2, 0.25) is 0 Å². The van der Waals surface area contributed by atoms with Gasteiger partial charge in [-0.15, -0.1) is 24.0 Å². The van der Waals surface area contributed by atoms with Crippen LogP contribution in [0.1, 0.15) is 31.5 Å². The van der Waals surface area contributed by atoms with E-state index in [0.29, 0.717) is 13.2 Å². The van der Waals surface area contributed by atoms with Crippen molar-refractivity contribution >= 4 is 29.9 Å². The van der Waals surface area contributed by atoms with E-state index in [9.17, 15) is 0 Å². The van der Waals surface area contributed by atoms with Crippen LogP contribution in [0.3, 0.4) is 0 Å². The van der Waals surface area contributed by atoms with Crippen molar-refractivity contribution in [2.75, 3.05) is 26.3 Å². The normalized spacial score (nSPS) is 10.9. The van der Waals surface area contributed by atoms with Crippen LogP contribution in [0, 0.1) is 0 Å². The van der Waals surface area contributed by atoms with E-state index in [4.69, 9.17) is 9.47 Å². The van der Waals surface area contributed by atoms with E-state index in [1.807, 2.05) is 43.3 Å². The summed E-state index contributed by atoms with van der Waals surface area (Å²) in [6.07, 6.45) is 2.72. The summed E-state index contributed by atoms with van der Waals surface area (Å²) in [5, 5.41) is 6.59. The molecule has 1 heterocycles. The Labute approximate surface area is 185 Å². The number of aromatic nitrogens is 1. The molecule has 0 unspecified atom stereocenters. The number of nitrogens with one attached hydrogen (secondary N) is 2. The van der Waals surface area contributed by atoms with Crippen molar-refractivity contribution in [3.63, 3.8) is 0 Å². The maximum absolute atomic E-state index is 5.83. The van der Waals surface area contributed by atoms with Gasteiger partial charge in [0, 0.05) is 32.5 Å². The summed E-state index contributed by atoms with van der Waals surface area (Å²) in [5.74, 6) is 1.64. The van der Waals surface area contributed by atoms with Crippen molar-refractivity contribution in [1.29, 1.82) is 0 Å². The highest BCUT2D eigenvalue weighted by Gasteiger charge is 2.01. The van der Waals surface area contributed by atoms with Crippen LogP contribution in [-0.4, -0.2) is 37.2 Å². The molecular formula is C21H31IN4O2. The molecule has 0 aliphatic carbocycles. The minimum absolute atomic E-state index is 0. The lowest BCUT2D eigenvalue weighted by Gasteiger charge is -2.11. The van der Waals surface area contributed by atoms with Gasteiger partial charge in [-0.1, -0.05) is 18.2 Å². The van der Waals surface area contributed by atoms with Crippen LogP contribution in [0.4, 0.5) is 0 Å². The highest BCUT2D eigenvalue weighted by atomic mass is 127. The molecule has 2 aromatic rings. The number of ether oxygens (including phenoxy) is 2. The molecule has 7 heteroatoms. The Morgan fingerprint density at radius 1 is 1.11 bits per heavy atom. The number of hydrogen-bond donors (Lipinski definition) is 2. The number of pyridine rings is 1. The molecular weight excluding hydrogens is 467 g/mol. The lowest BCUT2D eigenvalue weighted by atomic mass is 10.2. The zero-order valence-electron chi connectivity index (χ0n) is 16.7. The fraction of sp³-hybridized carbons (Fsp3) is 0.429. The summed E-state index contributed by atoms with van der Waals surface area (Å²) in [7, 11) is 0. The topological polar surface area (TPSA) is 67.8 Å². The Morgan fingerprint density at radius 3 is 2.75 bits per heavy atom. The van der Waals surface area contributed by atoms with E-state index in [2.05, 4.69) is 33.6 Å². The van der Waals surface area contributed by atoms with Gasteiger partial charge in [0.1, 0.15) is 12.4 Å². The molecule has 0 fully saturated rings. The van der Waals surface area contributed by atoms with Crippen LogP contribution >= 0.6 is 24.0 Å². The Balaban J connectivity index is 0.00000392. The molecule has 0 aliphatic heterocycles. The quantitative estimate of drug-likeness (QED) is 0.214. The Bertz CT molecular complexity index is 683. The molecule has 0 saturated carbocycles. The monoisotopic (exact) mass is 498 g/mol. The SMILES string of the molecule is CCNC(=NCc1cccc(OCc2ccccn2)c1)NCCCOCC.I. The summed E-state index contributed by atoms with van der Waals surface area (Å²) in [4.78, 5) is 8.92. The minimum atomic E-state index is 0. The number of benzene rings is 1. The second kappa shape index (κ2) is 15.1. The highest BCUT2D eigenvalue weighted by Crippen LogP contribution is 2.15. The highest BCUT2D eigenvalue weighted by molar-refractivity contribution is 14.0. The van der Waals surface area contributed by atoms with Gasteiger partial charge in [0.25, 0.3) is 0 Å². The van der Waals surface area contributed by atoms with Crippen LogP contribution < -0.4 is 15.4 Å². The Morgan fingerprint density at radius 2 is 2.00 bits per heavy atom. The summed E-state index contributed by atoms with van der Waals surface area (Å²) in [5.41, 5.74) is 2.01. The number of hydrogen-bond acceptors (Lipinski definition) is 4. The Kier molecular flexibility index (Phi) is 13.0. The summed E-state index contributed by atoms with van der Waals surface area (Å²) >= 11 is 0. The van der Waals surface area contributed by atoms with Gasteiger partial charge in [-0.3, -0.25) is 4.98 Å².